The first-order valence-corrected chi connectivity index (χ1v) is 5.69. The number of hydrogen-bond donors (Lipinski definition) is 1. The van der Waals surface area contributed by atoms with Crippen LogP contribution in [0.3, 0.4) is 0 Å². The molecule has 0 heterocycles. The van der Waals surface area contributed by atoms with Crippen molar-refractivity contribution in [2.24, 2.45) is 0 Å². The summed E-state index contributed by atoms with van der Waals surface area (Å²) in [6.07, 6.45) is 1.10. The van der Waals surface area contributed by atoms with Crippen LogP contribution in [0.1, 0.15) is 27.2 Å². The van der Waals surface area contributed by atoms with Gasteiger partial charge in [0.15, 0.2) is 0 Å². The first-order chi connectivity index (χ1) is 6.76. The van der Waals surface area contributed by atoms with E-state index >= 15 is 0 Å². The van der Waals surface area contributed by atoms with E-state index in [1.807, 2.05) is 0 Å². The minimum atomic E-state index is 0.632. The molecule has 1 N–H and O–H groups in total. The van der Waals surface area contributed by atoms with Crippen LogP contribution in [0.15, 0.2) is 0 Å². The zero-order chi connectivity index (χ0) is 10.8. The number of rotatable bonds is 9. The third-order valence-corrected chi connectivity index (χ3v) is 2.58. The van der Waals surface area contributed by atoms with Crippen molar-refractivity contribution < 1.29 is 4.74 Å². The van der Waals surface area contributed by atoms with Crippen LogP contribution < -0.4 is 5.32 Å². The zero-order valence-corrected chi connectivity index (χ0v) is 10.2. The van der Waals surface area contributed by atoms with E-state index in [0.29, 0.717) is 6.04 Å². The van der Waals surface area contributed by atoms with E-state index in [2.05, 4.69) is 31.0 Å². The summed E-state index contributed by atoms with van der Waals surface area (Å²) >= 11 is 0. The highest BCUT2D eigenvalue weighted by atomic mass is 16.5. The van der Waals surface area contributed by atoms with Gasteiger partial charge in [0.05, 0.1) is 0 Å². The third-order valence-electron chi connectivity index (χ3n) is 2.58. The molecule has 0 aromatic heterocycles. The van der Waals surface area contributed by atoms with Gasteiger partial charge in [-0.1, -0.05) is 13.8 Å². The van der Waals surface area contributed by atoms with E-state index in [4.69, 9.17) is 4.74 Å². The molecule has 0 aromatic carbocycles. The Hall–Kier alpha value is -0.120. The van der Waals surface area contributed by atoms with Crippen LogP contribution in [0, 0.1) is 0 Å². The molecule has 0 spiro atoms. The average Bonchev–Trinajstić information content (AvgIpc) is 2.19. The minimum Gasteiger partial charge on any atom is -0.385 e. The number of hydrogen-bond acceptors (Lipinski definition) is 3. The molecular formula is C11H26N2O. The second-order valence-electron chi connectivity index (χ2n) is 3.62. The van der Waals surface area contributed by atoms with Crippen LogP contribution in [-0.2, 0) is 4.74 Å². The Labute approximate surface area is 88.8 Å². The summed E-state index contributed by atoms with van der Waals surface area (Å²) in [5.41, 5.74) is 0. The molecular weight excluding hydrogens is 176 g/mol. The lowest BCUT2D eigenvalue weighted by Gasteiger charge is -2.26. The Morgan fingerprint density at radius 2 is 1.93 bits per heavy atom. The van der Waals surface area contributed by atoms with Crippen molar-refractivity contribution in [1.82, 2.24) is 10.2 Å². The van der Waals surface area contributed by atoms with Crippen molar-refractivity contribution in [2.45, 2.75) is 33.2 Å². The quantitative estimate of drug-likeness (QED) is 0.571. The summed E-state index contributed by atoms with van der Waals surface area (Å²) in [6.45, 7) is 12.0. The van der Waals surface area contributed by atoms with Crippen LogP contribution >= 0.6 is 0 Å². The predicted molar refractivity (Wildman–Crippen MR) is 61.7 cm³/mol. The molecule has 0 rings (SSSR count). The van der Waals surface area contributed by atoms with Crippen LogP contribution in [-0.4, -0.2) is 50.8 Å². The van der Waals surface area contributed by atoms with Gasteiger partial charge in [-0.05, 0) is 33.0 Å². The zero-order valence-electron chi connectivity index (χ0n) is 10.2. The first kappa shape index (κ1) is 13.9. The number of methoxy groups -OCH3 is 1. The van der Waals surface area contributed by atoms with Crippen molar-refractivity contribution in [3.63, 3.8) is 0 Å². The molecule has 0 aliphatic carbocycles. The highest BCUT2D eigenvalue weighted by Crippen LogP contribution is 1.96. The molecule has 0 aliphatic rings. The normalized spacial score (nSPS) is 13.5. The Morgan fingerprint density at radius 1 is 1.29 bits per heavy atom. The second kappa shape index (κ2) is 9.44. The molecule has 0 radical (unpaired) electrons. The van der Waals surface area contributed by atoms with Gasteiger partial charge in [0.2, 0.25) is 0 Å². The van der Waals surface area contributed by atoms with Crippen molar-refractivity contribution in [3.8, 4) is 0 Å². The highest BCUT2D eigenvalue weighted by molar-refractivity contribution is 4.66. The van der Waals surface area contributed by atoms with Crippen LogP contribution in [0.2, 0.25) is 0 Å². The van der Waals surface area contributed by atoms with Gasteiger partial charge in [-0.25, -0.2) is 0 Å². The Kier molecular flexibility index (Phi) is 9.35. The topological polar surface area (TPSA) is 24.5 Å². The van der Waals surface area contributed by atoms with Crippen LogP contribution in [0.4, 0.5) is 0 Å². The van der Waals surface area contributed by atoms with Gasteiger partial charge in [-0.3, -0.25) is 4.90 Å². The van der Waals surface area contributed by atoms with Crippen LogP contribution in [0.25, 0.3) is 0 Å². The van der Waals surface area contributed by atoms with Gasteiger partial charge < -0.3 is 10.1 Å². The molecule has 86 valence electrons. The molecule has 0 amide bonds. The summed E-state index contributed by atoms with van der Waals surface area (Å²) in [6, 6.07) is 0.632. The molecule has 0 aromatic rings. The van der Waals surface area contributed by atoms with Gasteiger partial charge in [0.1, 0.15) is 0 Å². The molecule has 1 unspecified atom stereocenters. The van der Waals surface area contributed by atoms with E-state index in [1.165, 1.54) is 0 Å². The fourth-order valence-corrected chi connectivity index (χ4v) is 1.63. The molecule has 0 saturated carbocycles. The maximum atomic E-state index is 4.99. The molecule has 1 atom stereocenters. The molecule has 14 heavy (non-hydrogen) atoms. The Morgan fingerprint density at radius 3 is 2.43 bits per heavy atom. The van der Waals surface area contributed by atoms with Crippen molar-refractivity contribution in [1.29, 1.82) is 0 Å². The molecule has 3 heteroatoms. The van der Waals surface area contributed by atoms with Gasteiger partial charge in [0, 0.05) is 26.3 Å². The lowest BCUT2D eigenvalue weighted by Crippen LogP contribution is -2.40. The third kappa shape index (κ3) is 6.35. The summed E-state index contributed by atoms with van der Waals surface area (Å²) in [7, 11) is 1.75. The number of nitrogens with zero attached hydrogens (tertiary/aromatic N) is 1. The average molecular weight is 202 g/mol. The summed E-state index contributed by atoms with van der Waals surface area (Å²) in [4.78, 5) is 2.46. The minimum absolute atomic E-state index is 0.632. The summed E-state index contributed by atoms with van der Waals surface area (Å²) < 4.78 is 4.99. The largest absolute Gasteiger partial charge is 0.385 e. The monoisotopic (exact) mass is 202 g/mol. The maximum Gasteiger partial charge on any atom is 0.0474 e. The fourth-order valence-electron chi connectivity index (χ4n) is 1.63. The molecule has 0 aliphatic heterocycles. The number of nitrogens with one attached hydrogen (secondary N) is 1. The number of ether oxygens (including phenoxy) is 1. The van der Waals surface area contributed by atoms with Gasteiger partial charge >= 0.3 is 0 Å². The first-order valence-electron chi connectivity index (χ1n) is 5.69. The highest BCUT2D eigenvalue weighted by Gasteiger charge is 2.08. The maximum absolute atomic E-state index is 4.99. The van der Waals surface area contributed by atoms with E-state index in [1.54, 1.807) is 7.11 Å². The van der Waals surface area contributed by atoms with E-state index in [-0.39, 0.29) is 0 Å². The molecule has 0 bridgehead atoms. The van der Waals surface area contributed by atoms with E-state index in [9.17, 15) is 0 Å². The predicted octanol–water partition coefficient (Wildman–Crippen LogP) is 1.34. The lowest BCUT2D eigenvalue weighted by molar-refractivity contribution is 0.190. The Balaban J connectivity index is 3.37. The van der Waals surface area contributed by atoms with Crippen molar-refractivity contribution >= 4 is 0 Å². The molecule has 0 saturated heterocycles. The van der Waals surface area contributed by atoms with Gasteiger partial charge in [0.25, 0.3) is 0 Å². The van der Waals surface area contributed by atoms with Gasteiger partial charge in [-0.15, -0.1) is 0 Å². The molecule has 3 nitrogen and oxygen atoms in total. The number of likely N-dealkylation sites (N-methyl/N-ethyl adjacent to an activating group) is 1. The molecule has 0 fully saturated rings. The lowest BCUT2D eigenvalue weighted by atomic mass is 10.2. The van der Waals surface area contributed by atoms with E-state index in [0.717, 1.165) is 39.2 Å². The fraction of sp³-hybridized carbons (Fsp3) is 1.00. The van der Waals surface area contributed by atoms with Crippen molar-refractivity contribution in [3.05, 3.63) is 0 Å². The van der Waals surface area contributed by atoms with Gasteiger partial charge in [-0.2, -0.15) is 0 Å². The summed E-state index contributed by atoms with van der Waals surface area (Å²) in [5, 5.41) is 3.45. The Bertz CT molecular complexity index is 116. The summed E-state index contributed by atoms with van der Waals surface area (Å²) in [5.74, 6) is 0. The van der Waals surface area contributed by atoms with Crippen LogP contribution in [0.5, 0.6) is 0 Å². The SMILES string of the molecule is CCN(CC)C(C)CNCCCOC. The second-order valence-corrected chi connectivity index (χ2v) is 3.62. The standard InChI is InChI=1S/C11H26N2O/c1-5-13(6-2)11(3)10-12-8-7-9-14-4/h11-12H,5-10H2,1-4H3. The van der Waals surface area contributed by atoms with E-state index < -0.39 is 0 Å². The van der Waals surface area contributed by atoms with Crippen molar-refractivity contribution in [2.75, 3.05) is 39.9 Å². The smallest absolute Gasteiger partial charge is 0.0474 e.